The van der Waals surface area contributed by atoms with Crippen molar-refractivity contribution in [3.05, 3.63) is 83.7 Å². The number of benzene rings is 2. The van der Waals surface area contributed by atoms with E-state index in [1.165, 1.54) is 0 Å². The van der Waals surface area contributed by atoms with E-state index in [0.29, 0.717) is 23.6 Å². The Bertz CT molecular complexity index is 971. The number of aromatic nitrogens is 1. The van der Waals surface area contributed by atoms with Gasteiger partial charge in [0.2, 0.25) is 0 Å². The van der Waals surface area contributed by atoms with E-state index in [1.54, 1.807) is 16.8 Å². The molecule has 5 heteroatoms. The van der Waals surface area contributed by atoms with Crippen LogP contribution in [0.15, 0.2) is 66.9 Å². The SMILES string of the molecule is CCOc1ccccc1-n1ccc(C#N)c1C(=O)NC(C)c1ccccc1. The first kappa shape index (κ1) is 18.3. The number of ether oxygens (including phenoxy) is 1. The summed E-state index contributed by atoms with van der Waals surface area (Å²) in [4.78, 5) is 13.0. The predicted molar refractivity (Wildman–Crippen MR) is 104 cm³/mol. The molecule has 0 saturated carbocycles. The van der Waals surface area contributed by atoms with Gasteiger partial charge in [0.25, 0.3) is 5.91 Å². The summed E-state index contributed by atoms with van der Waals surface area (Å²) in [7, 11) is 0. The summed E-state index contributed by atoms with van der Waals surface area (Å²) in [5, 5.41) is 12.5. The first-order valence-corrected chi connectivity index (χ1v) is 8.85. The number of nitrogens with zero attached hydrogens (tertiary/aromatic N) is 2. The summed E-state index contributed by atoms with van der Waals surface area (Å²) < 4.78 is 7.39. The summed E-state index contributed by atoms with van der Waals surface area (Å²) in [6.07, 6.45) is 1.72. The maximum absolute atomic E-state index is 13.0. The van der Waals surface area contributed by atoms with Crippen molar-refractivity contribution in [2.45, 2.75) is 19.9 Å². The lowest BCUT2D eigenvalue weighted by molar-refractivity contribution is 0.0932. The van der Waals surface area contributed by atoms with Gasteiger partial charge < -0.3 is 14.6 Å². The molecule has 3 aromatic rings. The van der Waals surface area contributed by atoms with Crippen LogP contribution in [0.1, 0.15) is 41.5 Å². The molecule has 0 aliphatic heterocycles. The van der Waals surface area contributed by atoms with Gasteiger partial charge >= 0.3 is 0 Å². The molecule has 27 heavy (non-hydrogen) atoms. The Kier molecular flexibility index (Phi) is 5.58. The summed E-state index contributed by atoms with van der Waals surface area (Å²) in [5.41, 5.74) is 2.34. The third kappa shape index (κ3) is 3.85. The number of hydrogen-bond acceptors (Lipinski definition) is 3. The van der Waals surface area contributed by atoms with Crippen LogP contribution in [0.2, 0.25) is 0 Å². The van der Waals surface area contributed by atoms with Crippen molar-refractivity contribution >= 4 is 5.91 Å². The number of rotatable bonds is 6. The van der Waals surface area contributed by atoms with E-state index in [0.717, 1.165) is 11.3 Å². The van der Waals surface area contributed by atoms with Crippen LogP contribution >= 0.6 is 0 Å². The van der Waals surface area contributed by atoms with Crippen LogP contribution in [0, 0.1) is 11.3 Å². The molecular weight excluding hydrogens is 338 g/mol. The zero-order chi connectivity index (χ0) is 19.2. The van der Waals surface area contributed by atoms with Gasteiger partial charge in [0.15, 0.2) is 0 Å². The number of carbonyl (C=O) groups is 1. The second kappa shape index (κ2) is 8.24. The van der Waals surface area contributed by atoms with Crippen molar-refractivity contribution < 1.29 is 9.53 Å². The fourth-order valence-corrected chi connectivity index (χ4v) is 2.98. The molecule has 0 aliphatic rings. The molecule has 2 aromatic carbocycles. The Morgan fingerprint density at radius 2 is 1.85 bits per heavy atom. The summed E-state index contributed by atoms with van der Waals surface area (Å²) in [5.74, 6) is 0.351. The largest absolute Gasteiger partial charge is 0.492 e. The number of amides is 1. The average Bonchev–Trinajstić information content (AvgIpc) is 3.13. The fourth-order valence-electron chi connectivity index (χ4n) is 2.98. The normalized spacial score (nSPS) is 11.4. The fraction of sp³-hybridized carbons (Fsp3) is 0.182. The van der Waals surface area contributed by atoms with E-state index in [9.17, 15) is 10.1 Å². The van der Waals surface area contributed by atoms with Crippen LogP contribution < -0.4 is 10.1 Å². The van der Waals surface area contributed by atoms with Crippen LogP contribution in [0.25, 0.3) is 5.69 Å². The smallest absolute Gasteiger partial charge is 0.270 e. The van der Waals surface area contributed by atoms with Crippen LogP contribution in [0.3, 0.4) is 0 Å². The highest BCUT2D eigenvalue weighted by molar-refractivity contribution is 5.96. The Hall–Kier alpha value is -3.52. The zero-order valence-corrected chi connectivity index (χ0v) is 15.3. The van der Waals surface area contributed by atoms with Gasteiger partial charge in [-0.1, -0.05) is 42.5 Å². The maximum atomic E-state index is 13.0. The molecule has 1 atom stereocenters. The molecule has 136 valence electrons. The maximum Gasteiger partial charge on any atom is 0.270 e. The van der Waals surface area contributed by atoms with Crippen molar-refractivity contribution in [3.8, 4) is 17.5 Å². The molecular formula is C22H21N3O2. The number of para-hydroxylation sites is 2. The minimum Gasteiger partial charge on any atom is -0.492 e. The zero-order valence-electron chi connectivity index (χ0n) is 15.3. The van der Waals surface area contributed by atoms with E-state index in [2.05, 4.69) is 11.4 Å². The van der Waals surface area contributed by atoms with Crippen LogP contribution in [-0.2, 0) is 0 Å². The predicted octanol–water partition coefficient (Wildman–Crippen LogP) is 4.24. The lowest BCUT2D eigenvalue weighted by Crippen LogP contribution is -2.29. The molecule has 3 rings (SSSR count). The van der Waals surface area contributed by atoms with Gasteiger partial charge in [0.1, 0.15) is 17.5 Å². The van der Waals surface area contributed by atoms with Gasteiger partial charge in [-0.25, -0.2) is 0 Å². The van der Waals surface area contributed by atoms with Gasteiger partial charge in [-0.3, -0.25) is 4.79 Å². The van der Waals surface area contributed by atoms with Gasteiger partial charge in [-0.05, 0) is 37.6 Å². The average molecular weight is 359 g/mol. The number of carbonyl (C=O) groups excluding carboxylic acids is 1. The highest BCUT2D eigenvalue weighted by atomic mass is 16.5. The minimum atomic E-state index is -0.306. The molecule has 0 bridgehead atoms. The molecule has 0 saturated heterocycles. The topological polar surface area (TPSA) is 67.0 Å². The second-order valence-electron chi connectivity index (χ2n) is 6.07. The molecule has 1 heterocycles. The standard InChI is InChI=1S/C22H21N3O2/c1-3-27-20-12-8-7-11-19(20)25-14-13-18(15-23)21(25)22(26)24-16(2)17-9-5-4-6-10-17/h4-14,16H,3H2,1-2H3,(H,24,26). The van der Waals surface area contributed by atoms with E-state index >= 15 is 0 Å². The lowest BCUT2D eigenvalue weighted by Gasteiger charge is -2.17. The first-order chi connectivity index (χ1) is 13.2. The Labute approximate surface area is 158 Å². The molecule has 1 amide bonds. The molecule has 1 aromatic heterocycles. The van der Waals surface area contributed by atoms with E-state index in [-0.39, 0.29) is 11.9 Å². The third-order valence-corrected chi connectivity index (χ3v) is 4.29. The van der Waals surface area contributed by atoms with E-state index in [1.807, 2.05) is 68.4 Å². The van der Waals surface area contributed by atoms with Crippen molar-refractivity contribution in [2.75, 3.05) is 6.61 Å². The summed E-state index contributed by atoms with van der Waals surface area (Å²) >= 11 is 0. The molecule has 0 fully saturated rings. The molecule has 5 nitrogen and oxygen atoms in total. The summed E-state index contributed by atoms with van der Waals surface area (Å²) in [6.45, 7) is 4.33. The molecule has 1 unspecified atom stereocenters. The Morgan fingerprint density at radius 3 is 2.56 bits per heavy atom. The highest BCUT2D eigenvalue weighted by Gasteiger charge is 2.21. The summed E-state index contributed by atoms with van der Waals surface area (Å²) in [6, 6.07) is 20.7. The Balaban J connectivity index is 1.98. The Morgan fingerprint density at radius 1 is 1.15 bits per heavy atom. The molecule has 0 aliphatic carbocycles. The van der Waals surface area contributed by atoms with Crippen molar-refractivity contribution in [3.63, 3.8) is 0 Å². The van der Waals surface area contributed by atoms with Gasteiger partial charge in [0, 0.05) is 6.20 Å². The number of nitriles is 1. The van der Waals surface area contributed by atoms with Crippen LogP contribution in [0.5, 0.6) is 5.75 Å². The second-order valence-corrected chi connectivity index (χ2v) is 6.07. The number of nitrogens with one attached hydrogen (secondary N) is 1. The molecule has 0 radical (unpaired) electrons. The van der Waals surface area contributed by atoms with Crippen LogP contribution in [0.4, 0.5) is 0 Å². The van der Waals surface area contributed by atoms with Crippen molar-refractivity contribution in [1.82, 2.24) is 9.88 Å². The van der Waals surface area contributed by atoms with Crippen LogP contribution in [-0.4, -0.2) is 17.1 Å². The van der Waals surface area contributed by atoms with E-state index in [4.69, 9.17) is 4.74 Å². The van der Waals surface area contributed by atoms with Gasteiger partial charge in [-0.15, -0.1) is 0 Å². The lowest BCUT2D eigenvalue weighted by atomic mass is 10.1. The first-order valence-electron chi connectivity index (χ1n) is 8.85. The highest BCUT2D eigenvalue weighted by Crippen LogP contribution is 2.26. The van der Waals surface area contributed by atoms with E-state index < -0.39 is 0 Å². The third-order valence-electron chi connectivity index (χ3n) is 4.29. The van der Waals surface area contributed by atoms with Gasteiger partial charge in [0.05, 0.1) is 23.9 Å². The monoisotopic (exact) mass is 359 g/mol. The van der Waals surface area contributed by atoms with Crippen molar-refractivity contribution in [2.24, 2.45) is 0 Å². The quantitative estimate of drug-likeness (QED) is 0.716. The molecule has 1 N–H and O–H groups in total. The van der Waals surface area contributed by atoms with Gasteiger partial charge in [-0.2, -0.15) is 5.26 Å². The number of hydrogen-bond donors (Lipinski definition) is 1. The molecule has 0 spiro atoms. The van der Waals surface area contributed by atoms with Crippen molar-refractivity contribution in [1.29, 1.82) is 5.26 Å². The minimum absolute atomic E-state index is 0.185.